The van der Waals surface area contributed by atoms with Crippen molar-refractivity contribution in [3.63, 3.8) is 0 Å². The zero-order valence-corrected chi connectivity index (χ0v) is 11.0. The lowest BCUT2D eigenvalue weighted by Gasteiger charge is -2.41. The van der Waals surface area contributed by atoms with E-state index >= 15 is 0 Å². The molecule has 1 N–H and O–H groups in total. The first-order valence-corrected chi connectivity index (χ1v) is 6.95. The molecular weight excluding hydrogens is 226 g/mol. The molecule has 1 aliphatic carbocycles. The first-order valence-electron chi connectivity index (χ1n) is 6.95. The average molecular weight is 247 g/mol. The van der Waals surface area contributed by atoms with Gasteiger partial charge in [0.25, 0.3) is 0 Å². The Kier molecular flexibility index (Phi) is 3.20. The average Bonchev–Trinajstić information content (AvgIpc) is 2.37. The van der Waals surface area contributed by atoms with Gasteiger partial charge in [-0.25, -0.2) is 9.97 Å². The first-order chi connectivity index (χ1) is 8.74. The van der Waals surface area contributed by atoms with Crippen molar-refractivity contribution >= 4 is 5.95 Å². The minimum Gasteiger partial charge on any atom is -0.390 e. The maximum Gasteiger partial charge on any atom is 0.225 e. The van der Waals surface area contributed by atoms with Crippen molar-refractivity contribution in [2.45, 2.75) is 39.2 Å². The third-order valence-corrected chi connectivity index (χ3v) is 4.19. The second-order valence-electron chi connectivity index (χ2n) is 5.76. The van der Waals surface area contributed by atoms with Crippen molar-refractivity contribution in [1.29, 1.82) is 0 Å². The van der Waals surface area contributed by atoms with Crippen LogP contribution in [0.5, 0.6) is 0 Å². The quantitative estimate of drug-likeness (QED) is 0.867. The van der Waals surface area contributed by atoms with E-state index < -0.39 is 0 Å². The zero-order valence-electron chi connectivity index (χ0n) is 11.0. The molecule has 0 amide bonds. The molecule has 1 aromatic rings. The Balaban J connectivity index is 1.83. The molecule has 0 aromatic carbocycles. The molecule has 18 heavy (non-hydrogen) atoms. The molecule has 2 atom stereocenters. The number of hydrogen-bond acceptors (Lipinski definition) is 4. The minimum atomic E-state index is -0.00292. The van der Waals surface area contributed by atoms with Gasteiger partial charge in [0.2, 0.25) is 5.95 Å². The van der Waals surface area contributed by atoms with Crippen LogP contribution in [0.1, 0.15) is 37.1 Å². The van der Waals surface area contributed by atoms with Crippen molar-refractivity contribution < 1.29 is 5.11 Å². The highest BCUT2D eigenvalue weighted by atomic mass is 16.3. The fourth-order valence-electron chi connectivity index (χ4n) is 3.43. The Morgan fingerprint density at radius 2 is 2.00 bits per heavy atom. The summed E-state index contributed by atoms with van der Waals surface area (Å²) in [6, 6.07) is 1.86. The summed E-state index contributed by atoms with van der Waals surface area (Å²) in [6.45, 7) is 4.14. The van der Waals surface area contributed by atoms with E-state index in [2.05, 4.69) is 14.9 Å². The van der Waals surface area contributed by atoms with Crippen LogP contribution in [-0.4, -0.2) is 28.2 Å². The van der Waals surface area contributed by atoms with Crippen LogP contribution in [0.25, 0.3) is 0 Å². The molecule has 2 bridgehead atoms. The van der Waals surface area contributed by atoms with Crippen LogP contribution < -0.4 is 4.90 Å². The maximum absolute atomic E-state index is 9.24. The van der Waals surface area contributed by atoms with E-state index in [1.54, 1.807) is 0 Å². The SMILES string of the molecule is Cc1cc(CO)nc(N2CC3CCCC(C3)C2)n1. The Bertz CT molecular complexity index is 423. The largest absolute Gasteiger partial charge is 0.390 e. The predicted molar refractivity (Wildman–Crippen MR) is 70.4 cm³/mol. The molecule has 2 heterocycles. The van der Waals surface area contributed by atoms with Crippen molar-refractivity contribution in [2.75, 3.05) is 18.0 Å². The number of hydrogen-bond donors (Lipinski definition) is 1. The van der Waals surface area contributed by atoms with Crippen LogP contribution >= 0.6 is 0 Å². The zero-order chi connectivity index (χ0) is 12.5. The van der Waals surface area contributed by atoms with Crippen LogP contribution in [0.2, 0.25) is 0 Å². The molecule has 2 fully saturated rings. The summed E-state index contributed by atoms with van der Waals surface area (Å²) in [5.41, 5.74) is 1.67. The van der Waals surface area contributed by atoms with E-state index in [1.807, 2.05) is 13.0 Å². The third-order valence-electron chi connectivity index (χ3n) is 4.19. The highest BCUT2D eigenvalue weighted by molar-refractivity contribution is 5.33. The lowest BCUT2D eigenvalue weighted by Crippen LogP contribution is -2.43. The van der Waals surface area contributed by atoms with E-state index in [0.29, 0.717) is 0 Å². The fourth-order valence-corrected chi connectivity index (χ4v) is 3.43. The van der Waals surface area contributed by atoms with E-state index in [1.165, 1.54) is 25.7 Å². The fraction of sp³-hybridized carbons (Fsp3) is 0.714. The number of rotatable bonds is 2. The lowest BCUT2D eigenvalue weighted by molar-refractivity contribution is 0.229. The highest BCUT2D eigenvalue weighted by Gasteiger charge is 2.31. The Morgan fingerprint density at radius 1 is 1.28 bits per heavy atom. The van der Waals surface area contributed by atoms with Gasteiger partial charge in [-0.05, 0) is 44.1 Å². The normalized spacial score (nSPS) is 27.3. The van der Waals surface area contributed by atoms with Crippen LogP contribution in [0, 0.1) is 18.8 Å². The van der Waals surface area contributed by atoms with Crippen molar-refractivity contribution in [3.05, 3.63) is 17.5 Å². The molecule has 1 aromatic heterocycles. The van der Waals surface area contributed by atoms with E-state index in [4.69, 9.17) is 0 Å². The van der Waals surface area contributed by atoms with Gasteiger partial charge in [0.1, 0.15) is 0 Å². The lowest BCUT2D eigenvalue weighted by atomic mass is 9.78. The molecule has 1 aliphatic heterocycles. The van der Waals surface area contributed by atoms with Crippen LogP contribution in [0.4, 0.5) is 5.95 Å². The monoisotopic (exact) mass is 247 g/mol. The molecular formula is C14H21N3O. The topological polar surface area (TPSA) is 49.3 Å². The van der Waals surface area contributed by atoms with Gasteiger partial charge in [-0.15, -0.1) is 0 Å². The van der Waals surface area contributed by atoms with Crippen molar-refractivity contribution in [1.82, 2.24) is 9.97 Å². The van der Waals surface area contributed by atoms with Gasteiger partial charge in [0.05, 0.1) is 12.3 Å². The Labute approximate surface area is 108 Å². The molecule has 1 saturated carbocycles. The van der Waals surface area contributed by atoms with Gasteiger partial charge >= 0.3 is 0 Å². The number of aryl methyl sites for hydroxylation is 1. The number of aliphatic hydroxyl groups is 1. The Hall–Kier alpha value is -1.16. The van der Waals surface area contributed by atoms with Crippen LogP contribution in [0.15, 0.2) is 6.07 Å². The summed E-state index contributed by atoms with van der Waals surface area (Å²) in [4.78, 5) is 11.3. The molecule has 4 heteroatoms. The molecule has 98 valence electrons. The number of aromatic nitrogens is 2. The van der Waals surface area contributed by atoms with Crippen LogP contribution in [0.3, 0.4) is 0 Å². The first kappa shape index (κ1) is 11.9. The van der Waals surface area contributed by atoms with Gasteiger partial charge in [0.15, 0.2) is 0 Å². The van der Waals surface area contributed by atoms with Gasteiger partial charge in [-0.1, -0.05) is 6.42 Å². The van der Waals surface area contributed by atoms with Crippen LogP contribution in [-0.2, 0) is 6.61 Å². The Morgan fingerprint density at radius 3 is 2.67 bits per heavy atom. The van der Waals surface area contributed by atoms with E-state index in [9.17, 15) is 5.11 Å². The molecule has 1 saturated heterocycles. The van der Waals surface area contributed by atoms with Crippen molar-refractivity contribution in [2.24, 2.45) is 11.8 Å². The number of anilines is 1. The maximum atomic E-state index is 9.24. The summed E-state index contributed by atoms with van der Waals surface area (Å²) in [6.07, 6.45) is 5.48. The summed E-state index contributed by atoms with van der Waals surface area (Å²) in [5, 5.41) is 9.24. The summed E-state index contributed by atoms with van der Waals surface area (Å²) in [5.74, 6) is 2.45. The molecule has 0 spiro atoms. The van der Waals surface area contributed by atoms with Gasteiger partial charge in [0, 0.05) is 18.8 Å². The number of nitrogens with zero attached hydrogens (tertiary/aromatic N) is 3. The number of aliphatic hydroxyl groups excluding tert-OH is 1. The molecule has 4 nitrogen and oxygen atoms in total. The molecule has 3 rings (SSSR count). The smallest absolute Gasteiger partial charge is 0.225 e. The highest BCUT2D eigenvalue weighted by Crippen LogP contribution is 2.35. The number of fused-ring (bicyclic) bond motifs is 2. The van der Waals surface area contributed by atoms with Gasteiger partial charge in [-0.3, -0.25) is 0 Å². The van der Waals surface area contributed by atoms with Gasteiger partial charge in [-0.2, -0.15) is 0 Å². The molecule has 2 unspecified atom stereocenters. The van der Waals surface area contributed by atoms with Crippen molar-refractivity contribution in [3.8, 4) is 0 Å². The second-order valence-corrected chi connectivity index (χ2v) is 5.76. The molecule has 2 aliphatic rings. The molecule has 0 radical (unpaired) electrons. The predicted octanol–water partition coefficient (Wildman–Crippen LogP) is 1.90. The summed E-state index contributed by atoms with van der Waals surface area (Å²) < 4.78 is 0. The van der Waals surface area contributed by atoms with E-state index in [-0.39, 0.29) is 6.61 Å². The van der Waals surface area contributed by atoms with E-state index in [0.717, 1.165) is 42.3 Å². The standard InChI is InChI=1S/C14H21N3O/c1-10-5-13(9-18)16-14(15-10)17-7-11-3-2-4-12(6-11)8-17/h5,11-12,18H,2-4,6-9H2,1H3. The third kappa shape index (κ3) is 2.34. The number of piperidine rings is 1. The van der Waals surface area contributed by atoms with Gasteiger partial charge < -0.3 is 10.0 Å². The minimum absolute atomic E-state index is 0.00292. The summed E-state index contributed by atoms with van der Waals surface area (Å²) >= 11 is 0. The second kappa shape index (κ2) is 4.84. The summed E-state index contributed by atoms with van der Waals surface area (Å²) in [7, 11) is 0.